The number of methoxy groups -OCH3 is 1. The maximum Gasteiger partial charge on any atom is 0.336 e. The Labute approximate surface area is 176 Å². The Balaban J connectivity index is 2.02. The molecular formula is C24H26FNO4. The normalized spacial score (nSPS) is 16.8. The van der Waals surface area contributed by atoms with E-state index in [9.17, 15) is 14.0 Å². The van der Waals surface area contributed by atoms with Crippen molar-refractivity contribution < 1.29 is 23.5 Å². The minimum Gasteiger partial charge on any atom is -0.497 e. The summed E-state index contributed by atoms with van der Waals surface area (Å²) >= 11 is 0. The number of benzene rings is 2. The van der Waals surface area contributed by atoms with Crippen molar-refractivity contribution in [3.63, 3.8) is 0 Å². The van der Waals surface area contributed by atoms with Crippen LogP contribution >= 0.6 is 0 Å². The quantitative estimate of drug-likeness (QED) is 0.653. The van der Waals surface area contributed by atoms with Gasteiger partial charge in [0.1, 0.15) is 11.6 Å². The minimum atomic E-state index is -0.683. The summed E-state index contributed by atoms with van der Waals surface area (Å²) in [5, 5.41) is 0. The number of halogens is 1. The molecular weight excluding hydrogens is 385 g/mol. The Morgan fingerprint density at radius 3 is 2.43 bits per heavy atom. The summed E-state index contributed by atoms with van der Waals surface area (Å²) in [6.07, 6.45) is -0.330. The number of allylic oxidation sites excluding steroid dienone is 1. The molecule has 3 rings (SSSR count). The van der Waals surface area contributed by atoms with Gasteiger partial charge in [0, 0.05) is 18.0 Å². The lowest BCUT2D eigenvalue weighted by atomic mass is 9.83. The number of nitrogens with zero attached hydrogens (tertiary/aromatic N) is 1. The van der Waals surface area contributed by atoms with Gasteiger partial charge in [0.25, 0.3) is 0 Å². The average Bonchev–Trinajstić information content (AvgIpc) is 2.71. The van der Waals surface area contributed by atoms with Gasteiger partial charge in [-0.3, -0.25) is 4.79 Å². The summed E-state index contributed by atoms with van der Waals surface area (Å²) in [4.78, 5) is 27.5. The maximum absolute atomic E-state index is 14.5. The van der Waals surface area contributed by atoms with Crippen molar-refractivity contribution in [1.82, 2.24) is 4.90 Å². The van der Waals surface area contributed by atoms with E-state index in [1.807, 2.05) is 24.3 Å². The van der Waals surface area contributed by atoms with E-state index in [-0.39, 0.29) is 18.4 Å². The molecule has 158 valence electrons. The van der Waals surface area contributed by atoms with Crippen molar-refractivity contribution >= 4 is 11.9 Å². The third-order valence-electron chi connectivity index (χ3n) is 5.17. The Morgan fingerprint density at radius 1 is 1.17 bits per heavy atom. The topological polar surface area (TPSA) is 55.8 Å². The highest BCUT2D eigenvalue weighted by molar-refractivity contribution is 5.96. The van der Waals surface area contributed by atoms with Gasteiger partial charge in [-0.05, 0) is 50.1 Å². The van der Waals surface area contributed by atoms with Crippen LogP contribution < -0.4 is 4.74 Å². The molecule has 1 heterocycles. The first-order chi connectivity index (χ1) is 14.3. The molecule has 0 radical (unpaired) electrons. The standard InChI is InChI=1S/C24H26FNO4/c1-15(2)30-24(28)23-16(3)26(14-17-9-11-18(29-4)12-10-17)22(27)13-20(23)19-7-5-6-8-21(19)25/h5-12,15,20H,13-14H2,1-4H3/t20-/m1/s1. The molecule has 0 unspecified atom stereocenters. The zero-order valence-electron chi connectivity index (χ0n) is 17.6. The zero-order valence-corrected chi connectivity index (χ0v) is 17.6. The van der Waals surface area contributed by atoms with E-state index in [1.54, 1.807) is 51.0 Å². The number of rotatable bonds is 6. The van der Waals surface area contributed by atoms with E-state index in [1.165, 1.54) is 6.07 Å². The Hall–Kier alpha value is -3.15. The fourth-order valence-electron chi connectivity index (χ4n) is 3.68. The molecule has 0 spiro atoms. The minimum absolute atomic E-state index is 0.00302. The van der Waals surface area contributed by atoms with E-state index in [4.69, 9.17) is 9.47 Å². The Bertz CT molecular complexity index is 965. The predicted octanol–water partition coefficient (Wildman–Crippen LogP) is 4.58. The second kappa shape index (κ2) is 9.11. The number of carbonyl (C=O) groups is 2. The molecule has 1 amide bonds. The smallest absolute Gasteiger partial charge is 0.336 e. The van der Waals surface area contributed by atoms with Crippen LogP contribution in [-0.2, 0) is 20.9 Å². The number of carbonyl (C=O) groups excluding carboxylic acids is 2. The lowest BCUT2D eigenvalue weighted by Gasteiger charge is -2.35. The third-order valence-corrected chi connectivity index (χ3v) is 5.17. The van der Waals surface area contributed by atoms with Gasteiger partial charge < -0.3 is 14.4 Å². The third kappa shape index (κ3) is 4.53. The highest BCUT2D eigenvalue weighted by Gasteiger charge is 2.38. The predicted molar refractivity (Wildman–Crippen MR) is 111 cm³/mol. The summed E-state index contributed by atoms with van der Waals surface area (Å²) in [6, 6.07) is 13.6. The molecule has 2 aromatic rings. The van der Waals surface area contributed by atoms with Crippen molar-refractivity contribution in [1.29, 1.82) is 0 Å². The van der Waals surface area contributed by atoms with Gasteiger partial charge in [-0.25, -0.2) is 9.18 Å². The van der Waals surface area contributed by atoms with Gasteiger partial charge in [-0.1, -0.05) is 30.3 Å². The highest BCUT2D eigenvalue weighted by Crippen LogP contribution is 2.38. The molecule has 1 atom stereocenters. The maximum atomic E-state index is 14.5. The molecule has 0 fully saturated rings. The van der Waals surface area contributed by atoms with Crippen molar-refractivity contribution in [2.24, 2.45) is 0 Å². The van der Waals surface area contributed by atoms with Gasteiger partial charge >= 0.3 is 5.97 Å². The molecule has 6 heteroatoms. The van der Waals surface area contributed by atoms with Gasteiger partial charge in [-0.15, -0.1) is 0 Å². The summed E-state index contributed by atoms with van der Waals surface area (Å²) in [5.74, 6) is -1.10. The highest BCUT2D eigenvalue weighted by atomic mass is 19.1. The lowest BCUT2D eigenvalue weighted by molar-refractivity contribution is -0.143. The molecule has 2 aromatic carbocycles. The van der Waals surface area contributed by atoms with E-state index >= 15 is 0 Å². The van der Waals surface area contributed by atoms with Crippen LogP contribution in [0.3, 0.4) is 0 Å². The van der Waals surface area contributed by atoms with E-state index in [0.29, 0.717) is 23.4 Å². The van der Waals surface area contributed by atoms with Crippen LogP contribution in [0, 0.1) is 5.82 Å². The number of hydrogen-bond donors (Lipinski definition) is 0. The van der Waals surface area contributed by atoms with Crippen molar-refractivity contribution in [3.8, 4) is 5.75 Å². The second-order valence-electron chi connectivity index (χ2n) is 7.56. The summed E-state index contributed by atoms with van der Waals surface area (Å²) in [7, 11) is 1.59. The van der Waals surface area contributed by atoms with Gasteiger partial charge in [-0.2, -0.15) is 0 Å². The van der Waals surface area contributed by atoms with Crippen LogP contribution in [-0.4, -0.2) is 30.0 Å². The number of hydrogen-bond acceptors (Lipinski definition) is 4. The molecule has 0 N–H and O–H groups in total. The van der Waals surface area contributed by atoms with Crippen LogP contribution in [0.2, 0.25) is 0 Å². The molecule has 1 aliphatic rings. The number of ether oxygens (including phenoxy) is 2. The molecule has 0 bridgehead atoms. The fourth-order valence-corrected chi connectivity index (χ4v) is 3.68. The SMILES string of the molecule is COc1ccc(CN2C(=O)C[C@H](c3ccccc3F)C(C(=O)OC(C)C)=C2C)cc1. The first kappa shape index (κ1) is 21.6. The van der Waals surface area contributed by atoms with E-state index < -0.39 is 17.7 Å². The van der Waals surface area contributed by atoms with Crippen molar-refractivity contribution in [3.05, 3.63) is 76.7 Å². The summed E-state index contributed by atoms with van der Waals surface area (Å²) in [5.41, 5.74) is 2.03. The molecule has 5 nitrogen and oxygen atoms in total. The van der Waals surface area contributed by atoms with Crippen LogP contribution in [0.15, 0.2) is 59.8 Å². The number of esters is 1. The molecule has 1 aliphatic heterocycles. The van der Waals surface area contributed by atoms with Gasteiger partial charge in [0.2, 0.25) is 5.91 Å². The first-order valence-electron chi connectivity index (χ1n) is 9.91. The molecule has 30 heavy (non-hydrogen) atoms. The average molecular weight is 411 g/mol. The van der Waals surface area contributed by atoms with Crippen LogP contribution in [0.4, 0.5) is 4.39 Å². The second-order valence-corrected chi connectivity index (χ2v) is 7.56. The van der Waals surface area contributed by atoms with Gasteiger partial charge in [0.05, 0.1) is 25.3 Å². The molecule has 0 aliphatic carbocycles. The lowest BCUT2D eigenvalue weighted by Crippen LogP contribution is -2.38. The van der Waals surface area contributed by atoms with Crippen molar-refractivity contribution in [2.45, 2.75) is 45.8 Å². The van der Waals surface area contributed by atoms with Crippen LogP contribution in [0.25, 0.3) is 0 Å². The first-order valence-corrected chi connectivity index (χ1v) is 9.91. The van der Waals surface area contributed by atoms with Crippen LogP contribution in [0.1, 0.15) is 44.2 Å². The molecule has 0 saturated heterocycles. The molecule has 0 aromatic heterocycles. The number of amides is 1. The van der Waals surface area contributed by atoms with E-state index in [2.05, 4.69) is 0 Å². The fraction of sp³-hybridized carbons (Fsp3) is 0.333. The molecule has 0 saturated carbocycles. The van der Waals surface area contributed by atoms with E-state index in [0.717, 1.165) is 11.3 Å². The Morgan fingerprint density at radius 2 is 1.83 bits per heavy atom. The largest absolute Gasteiger partial charge is 0.497 e. The van der Waals surface area contributed by atoms with Crippen molar-refractivity contribution in [2.75, 3.05) is 7.11 Å². The zero-order chi connectivity index (χ0) is 21.8. The summed E-state index contributed by atoms with van der Waals surface area (Å²) in [6.45, 7) is 5.53. The van der Waals surface area contributed by atoms with Gasteiger partial charge in [0.15, 0.2) is 0 Å². The van der Waals surface area contributed by atoms with Crippen LogP contribution in [0.5, 0.6) is 5.75 Å². The summed E-state index contributed by atoms with van der Waals surface area (Å²) < 4.78 is 25.1. The monoisotopic (exact) mass is 411 g/mol. The Kier molecular flexibility index (Phi) is 6.55.